The third-order valence-electron chi connectivity index (χ3n) is 4.87. The van der Waals surface area contributed by atoms with Gasteiger partial charge in [-0.2, -0.15) is 0 Å². The van der Waals surface area contributed by atoms with Gasteiger partial charge in [-0.1, -0.05) is 30.3 Å². The lowest BCUT2D eigenvalue weighted by molar-refractivity contribution is -0.115. The maximum Gasteiger partial charge on any atom is 0.258 e. The van der Waals surface area contributed by atoms with Crippen LogP contribution < -0.4 is 10.2 Å². The van der Waals surface area contributed by atoms with Crippen LogP contribution >= 0.6 is 22.7 Å². The summed E-state index contributed by atoms with van der Waals surface area (Å²) in [5.41, 5.74) is 3.94. The summed E-state index contributed by atoms with van der Waals surface area (Å²) in [5.74, 6) is -0.256. The fraction of sp³-hybridized carbons (Fsp3) is 0.167. The van der Waals surface area contributed by atoms with Gasteiger partial charge in [0, 0.05) is 23.7 Å². The minimum absolute atomic E-state index is 0.101. The first kappa shape index (κ1) is 21.9. The Morgan fingerprint density at radius 3 is 2.53 bits per heavy atom. The van der Waals surface area contributed by atoms with E-state index >= 15 is 0 Å². The van der Waals surface area contributed by atoms with E-state index in [1.54, 1.807) is 35.4 Å². The van der Waals surface area contributed by atoms with Crippen molar-refractivity contribution in [2.24, 2.45) is 0 Å². The van der Waals surface area contributed by atoms with Crippen molar-refractivity contribution in [1.82, 2.24) is 9.97 Å². The van der Waals surface area contributed by atoms with Crippen molar-refractivity contribution >= 4 is 45.3 Å². The van der Waals surface area contributed by atoms with E-state index in [4.69, 9.17) is 0 Å². The summed E-state index contributed by atoms with van der Waals surface area (Å²) in [7, 11) is 1.73. The highest BCUT2D eigenvalue weighted by Gasteiger charge is 2.15. The third kappa shape index (κ3) is 4.92. The molecule has 0 aliphatic rings. The van der Waals surface area contributed by atoms with Crippen molar-refractivity contribution in [1.29, 1.82) is 0 Å². The predicted molar refractivity (Wildman–Crippen MR) is 131 cm³/mol. The quantitative estimate of drug-likeness (QED) is 0.420. The van der Waals surface area contributed by atoms with Gasteiger partial charge in [-0.05, 0) is 43.7 Å². The van der Waals surface area contributed by atoms with Gasteiger partial charge in [0.15, 0.2) is 5.13 Å². The molecule has 2 aromatic heterocycles. The number of carbonyl (C=O) groups excluding carboxylic acids is 2. The molecule has 4 rings (SSSR count). The van der Waals surface area contributed by atoms with Crippen LogP contribution in [0.1, 0.15) is 26.6 Å². The third-order valence-corrected chi connectivity index (χ3v) is 6.73. The molecule has 162 valence electrons. The molecule has 0 saturated carbocycles. The second-order valence-electron chi connectivity index (χ2n) is 7.31. The lowest BCUT2D eigenvalue weighted by Crippen LogP contribution is -2.26. The second kappa shape index (κ2) is 9.42. The number of nitrogens with one attached hydrogen (secondary N) is 1. The molecule has 0 aliphatic carbocycles. The van der Waals surface area contributed by atoms with Crippen LogP contribution in [0.15, 0.2) is 60.0 Å². The molecule has 1 N–H and O–H groups in total. The molecule has 6 nitrogen and oxygen atoms in total. The maximum atomic E-state index is 12.7. The van der Waals surface area contributed by atoms with Crippen molar-refractivity contribution < 1.29 is 9.59 Å². The van der Waals surface area contributed by atoms with E-state index in [2.05, 4.69) is 15.3 Å². The van der Waals surface area contributed by atoms with Crippen molar-refractivity contribution in [3.05, 3.63) is 81.8 Å². The Morgan fingerprint density at radius 2 is 1.81 bits per heavy atom. The summed E-state index contributed by atoms with van der Waals surface area (Å²) in [4.78, 5) is 36.9. The molecule has 0 saturated heterocycles. The predicted octanol–water partition coefficient (Wildman–Crippen LogP) is 5.34. The number of amides is 2. The molecule has 0 unspecified atom stereocenters. The molecule has 0 atom stereocenters. The molecule has 2 aromatic carbocycles. The fourth-order valence-electron chi connectivity index (χ4n) is 3.32. The van der Waals surface area contributed by atoms with Gasteiger partial charge in [0.05, 0.1) is 27.7 Å². The van der Waals surface area contributed by atoms with Crippen LogP contribution in [0.25, 0.3) is 10.6 Å². The number of aromatic nitrogens is 2. The largest absolute Gasteiger partial charge is 0.311 e. The van der Waals surface area contributed by atoms with Crippen LogP contribution in [0.2, 0.25) is 0 Å². The molecule has 0 aliphatic heterocycles. The molecular formula is C24H22N4O2S2. The molecule has 4 aromatic rings. The molecule has 2 heterocycles. The summed E-state index contributed by atoms with van der Waals surface area (Å²) >= 11 is 2.99. The van der Waals surface area contributed by atoms with Crippen LogP contribution in [0, 0.1) is 13.8 Å². The Labute approximate surface area is 194 Å². The zero-order valence-electron chi connectivity index (χ0n) is 18.0. The Hall–Kier alpha value is -3.36. The first-order chi connectivity index (χ1) is 15.4. The smallest absolute Gasteiger partial charge is 0.258 e. The van der Waals surface area contributed by atoms with Gasteiger partial charge in [-0.25, -0.2) is 9.97 Å². The Bertz CT molecular complexity index is 1260. The highest BCUT2D eigenvalue weighted by Crippen LogP contribution is 2.32. The highest BCUT2D eigenvalue weighted by atomic mass is 32.1. The Balaban J connectivity index is 1.42. The van der Waals surface area contributed by atoms with Gasteiger partial charge < -0.3 is 10.2 Å². The van der Waals surface area contributed by atoms with Gasteiger partial charge in [-0.15, -0.1) is 22.7 Å². The molecule has 0 fully saturated rings. The Morgan fingerprint density at radius 1 is 1.03 bits per heavy atom. The number of anilines is 2. The van der Waals surface area contributed by atoms with Gasteiger partial charge in [0.2, 0.25) is 5.91 Å². The molecule has 0 spiro atoms. The normalized spacial score (nSPS) is 10.7. The number of nitrogens with zero attached hydrogens (tertiary/aromatic N) is 3. The summed E-state index contributed by atoms with van der Waals surface area (Å²) in [6, 6.07) is 16.6. The number of hydrogen-bond acceptors (Lipinski definition) is 6. The minimum Gasteiger partial charge on any atom is -0.311 e. The SMILES string of the molecule is Cc1nc(C)c(-c2csc(NC(=O)Cc3cccc(N(C)C(=O)c4ccccc4)c3)n2)s1. The number of rotatable bonds is 6. The van der Waals surface area contributed by atoms with E-state index in [1.807, 2.05) is 61.7 Å². The van der Waals surface area contributed by atoms with E-state index in [0.29, 0.717) is 10.7 Å². The first-order valence-corrected chi connectivity index (χ1v) is 11.7. The number of carbonyl (C=O) groups is 2. The lowest BCUT2D eigenvalue weighted by Gasteiger charge is -2.18. The van der Waals surface area contributed by atoms with E-state index in [0.717, 1.165) is 32.5 Å². The van der Waals surface area contributed by atoms with Crippen LogP contribution in [0.3, 0.4) is 0 Å². The zero-order valence-corrected chi connectivity index (χ0v) is 19.6. The number of thiazole rings is 2. The second-order valence-corrected chi connectivity index (χ2v) is 9.37. The minimum atomic E-state index is -0.155. The molecule has 32 heavy (non-hydrogen) atoms. The summed E-state index contributed by atoms with van der Waals surface area (Å²) in [6.07, 6.45) is 0.189. The highest BCUT2D eigenvalue weighted by molar-refractivity contribution is 7.16. The average molecular weight is 463 g/mol. The van der Waals surface area contributed by atoms with E-state index in [9.17, 15) is 9.59 Å². The summed E-state index contributed by atoms with van der Waals surface area (Å²) < 4.78 is 0. The van der Waals surface area contributed by atoms with Crippen LogP contribution in [0.4, 0.5) is 10.8 Å². The van der Waals surface area contributed by atoms with Crippen LogP contribution in [-0.2, 0) is 11.2 Å². The van der Waals surface area contributed by atoms with E-state index in [-0.39, 0.29) is 18.2 Å². The molecule has 8 heteroatoms. The number of aryl methyl sites for hydroxylation is 2. The average Bonchev–Trinajstić information content (AvgIpc) is 3.38. The molecule has 2 amide bonds. The zero-order chi connectivity index (χ0) is 22.7. The van der Waals surface area contributed by atoms with Gasteiger partial charge in [0.25, 0.3) is 5.91 Å². The van der Waals surface area contributed by atoms with Crippen LogP contribution in [-0.4, -0.2) is 28.8 Å². The van der Waals surface area contributed by atoms with Gasteiger partial charge in [0.1, 0.15) is 0 Å². The van der Waals surface area contributed by atoms with Crippen molar-refractivity contribution in [3.8, 4) is 10.6 Å². The standard InChI is InChI=1S/C24H22N4O2S2/c1-15-22(32-16(2)25-15)20-14-31-24(26-20)27-21(29)13-17-8-7-11-19(12-17)28(3)23(30)18-9-5-4-6-10-18/h4-12,14H,13H2,1-3H3,(H,26,27,29). The molecule has 0 bridgehead atoms. The van der Waals surface area contributed by atoms with Crippen molar-refractivity contribution in [2.45, 2.75) is 20.3 Å². The summed E-state index contributed by atoms with van der Waals surface area (Å²) in [5, 5.41) is 6.36. The number of benzene rings is 2. The van der Waals surface area contributed by atoms with Crippen LogP contribution in [0.5, 0.6) is 0 Å². The fourth-order valence-corrected chi connectivity index (χ4v) is 4.99. The first-order valence-electron chi connectivity index (χ1n) is 10.0. The van der Waals surface area contributed by atoms with Crippen molar-refractivity contribution in [2.75, 3.05) is 17.3 Å². The monoisotopic (exact) mass is 462 g/mol. The molecule has 0 radical (unpaired) electrons. The number of hydrogen-bond donors (Lipinski definition) is 1. The summed E-state index contributed by atoms with van der Waals surface area (Å²) in [6.45, 7) is 3.93. The van der Waals surface area contributed by atoms with E-state index < -0.39 is 0 Å². The topological polar surface area (TPSA) is 75.2 Å². The lowest BCUT2D eigenvalue weighted by atomic mass is 10.1. The Kier molecular flexibility index (Phi) is 6.43. The van der Waals surface area contributed by atoms with Gasteiger partial charge in [-0.3, -0.25) is 9.59 Å². The maximum absolute atomic E-state index is 12.7. The van der Waals surface area contributed by atoms with E-state index in [1.165, 1.54) is 11.3 Å². The van der Waals surface area contributed by atoms with Crippen molar-refractivity contribution in [3.63, 3.8) is 0 Å². The molecular weight excluding hydrogens is 440 g/mol. The van der Waals surface area contributed by atoms with Gasteiger partial charge >= 0.3 is 0 Å².